The van der Waals surface area contributed by atoms with Crippen molar-refractivity contribution in [3.8, 4) is 0 Å². The van der Waals surface area contributed by atoms with Crippen LogP contribution in [0.4, 0.5) is 0 Å². The van der Waals surface area contributed by atoms with Crippen LogP contribution in [0.25, 0.3) is 0 Å². The summed E-state index contributed by atoms with van der Waals surface area (Å²) in [5.74, 6) is 0.0905. The first-order chi connectivity index (χ1) is 9.04. The van der Waals surface area contributed by atoms with E-state index in [1.54, 1.807) is 4.90 Å². The second-order valence-corrected chi connectivity index (χ2v) is 5.88. The lowest BCUT2D eigenvalue weighted by atomic mass is 9.98. The minimum absolute atomic E-state index is 0.00435. The van der Waals surface area contributed by atoms with Gasteiger partial charge in [-0.2, -0.15) is 0 Å². The van der Waals surface area contributed by atoms with Crippen LogP contribution in [0.1, 0.15) is 46.0 Å². The molecule has 2 aliphatic rings. The predicted octanol–water partition coefficient (Wildman–Crippen LogP) is 0.629. The Kier molecular flexibility index (Phi) is 4.45. The number of nitrogens with one attached hydrogen (secondary N) is 1. The van der Waals surface area contributed by atoms with Gasteiger partial charge in [-0.3, -0.25) is 9.59 Å². The molecule has 108 valence electrons. The highest BCUT2D eigenvalue weighted by atomic mass is 16.2. The number of hydrogen-bond donors (Lipinski definition) is 2. The molecule has 1 aliphatic heterocycles. The SMILES string of the molecule is CCC(C)C(N)C(=O)N1CCCC1C(=O)NC1CC1. The van der Waals surface area contributed by atoms with E-state index in [9.17, 15) is 9.59 Å². The normalized spacial score (nSPS) is 26.1. The van der Waals surface area contributed by atoms with E-state index in [0.717, 1.165) is 32.1 Å². The molecule has 0 aromatic carbocycles. The maximum atomic E-state index is 12.4. The zero-order valence-corrected chi connectivity index (χ0v) is 11.9. The van der Waals surface area contributed by atoms with Crippen molar-refractivity contribution in [1.29, 1.82) is 0 Å². The van der Waals surface area contributed by atoms with E-state index in [1.165, 1.54) is 0 Å². The van der Waals surface area contributed by atoms with Gasteiger partial charge in [0.25, 0.3) is 0 Å². The third-order valence-corrected chi connectivity index (χ3v) is 4.30. The lowest BCUT2D eigenvalue weighted by Crippen LogP contribution is -2.53. The second-order valence-electron chi connectivity index (χ2n) is 5.88. The third-order valence-electron chi connectivity index (χ3n) is 4.30. The summed E-state index contributed by atoms with van der Waals surface area (Å²) >= 11 is 0. The van der Waals surface area contributed by atoms with Gasteiger partial charge in [0.2, 0.25) is 11.8 Å². The van der Waals surface area contributed by atoms with Crippen LogP contribution in [0.15, 0.2) is 0 Å². The Morgan fingerprint density at radius 3 is 2.63 bits per heavy atom. The molecule has 1 saturated heterocycles. The molecule has 0 bridgehead atoms. The first-order valence-corrected chi connectivity index (χ1v) is 7.41. The van der Waals surface area contributed by atoms with E-state index >= 15 is 0 Å². The number of amides is 2. The van der Waals surface area contributed by atoms with Gasteiger partial charge in [0.15, 0.2) is 0 Å². The average molecular weight is 267 g/mol. The Bertz CT molecular complexity index is 355. The van der Waals surface area contributed by atoms with Gasteiger partial charge in [-0.05, 0) is 31.6 Å². The van der Waals surface area contributed by atoms with Crippen molar-refractivity contribution in [3.63, 3.8) is 0 Å². The molecule has 3 N–H and O–H groups in total. The third kappa shape index (κ3) is 3.26. The number of carbonyl (C=O) groups excluding carboxylic acids is 2. The van der Waals surface area contributed by atoms with Crippen molar-refractivity contribution in [2.24, 2.45) is 11.7 Å². The van der Waals surface area contributed by atoms with E-state index in [-0.39, 0.29) is 23.8 Å². The standard InChI is InChI=1S/C14H25N3O2/c1-3-9(2)12(15)14(19)17-8-4-5-11(17)13(18)16-10-6-7-10/h9-12H,3-8,15H2,1-2H3,(H,16,18). The minimum atomic E-state index is -0.487. The van der Waals surface area contributed by atoms with Crippen molar-refractivity contribution in [2.75, 3.05) is 6.54 Å². The van der Waals surface area contributed by atoms with Gasteiger partial charge in [-0.15, -0.1) is 0 Å². The molecule has 1 heterocycles. The van der Waals surface area contributed by atoms with Gasteiger partial charge >= 0.3 is 0 Å². The molecule has 1 saturated carbocycles. The Balaban J connectivity index is 1.96. The molecule has 0 aromatic rings. The summed E-state index contributed by atoms with van der Waals surface area (Å²) in [7, 11) is 0. The Labute approximate surface area is 114 Å². The van der Waals surface area contributed by atoms with Crippen LogP contribution in [0, 0.1) is 5.92 Å². The van der Waals surface area contributed by atoms with Crippen LogP contribution in [-0.2, 0) is 9.59 Å². The largest absolute Gasteiger partial charge is 0.352 e. The van der Waals surface area contributed by atoms with Crippen molar-refractivity contribution in [2.45, 2.75) is 64.1 Å². The molecule has 5 nitrogen and oxygen atoms in total. The highest BCUT2D eigenvalue weighted by Crippen LogP contribution is 2.23. The fourth-order valence-corrected chi connectivity index (χ4v) is 2.52. The Morgan fingerprint density at radius 2 is 2.05 bits per heavy atom. The van der Waals surface area contributed by atoms with Gasteiger partial charge in [0.05, 0.1) is 6.04 Å². The molecule has 3 unspecified atom stereocenters. The van der Waals surface area contributed by atoms with Gasteiger partial charge in [-0.25, -0.2) is 0 Å². The molecule has 3 atom stereocenters. The highest BCUT2D eigenvalue weighted by molar-refractivity contribution is 5.90. The van der Waals surface area contributed by atoms with Crippen molar-refractivity contribution in [1.82, 2.24) is 10.2 Å². The summed E-state index contributed by atoms with van der Waals surface area (Å²) in [4.78, 5) is 26.2. The molecule has 2 rings (SSSR count). The first-order valence-electron chi connectivity index (χ1n) is 7.41. The molecule has 0 aromatic heterocycles. The second kappa shape index (κ2) is 5.90. The summed E-state index contributed by atoms with van der Waals surface area (Å²) < 4.78 is 0. The smallest absolute Gasteiger partial charge is 0.243 e. The number of likely N-dealkylation sites (tertiary alicyclic amines) is 1. The highest BCUT2D eigenvalue weighted by Gasteiger charge is 2.38. The van der Waals surface area contributed by atoms with Crippen molar-refractivity contribution >= 4 is 11.8 Å². The fraction of sp³-hybridized carbons (Fsp3) is 0.857. The van der Waals surface area contributed by atoms with Gasteiger partial charge in [0.1, 0.15) is 6.04 Å². The molecule has 0 radical (unpaired) electrons. The number of carbonyl (C=O) groups is 2. The predicted molar refractivity (Wildman–Crippen MR) is 73.3 cm³/mol. The number of rotatable bonds is 5. The maximum absolute atomic E-state index is 12.4. The molecule has 2 amide bonds. The minimum Gasteiger partial charge on any atom is -0.352 e. The van der Waals surface area contributed by atoms with Crippen LogP contribution in [0.5, 0.6) is 0 Å². The summed E-state index contributed by atoms with van der Waals surface area (Å²) in [6.07, 6.45) is 4.66. The van der Waals surface area contributed by atoms with E-state index in [2.05, 4.69) is 5.32 Å². The average Bonchev–Trinajstić information content (AvgIpc) is 3.08. The van der Waals surface area contributed by atoms with E-state index in [4.69, 9.17) is 5.73 Å². The molecule has 2 fully saturated rings. The monoisotopic (exact) mass is 267 g/mol. The lowest BCUT2D eigenvalue weighted by molar-refractivity contribution is -0.140. The van der Waals surface area contributed by atoms with E-state index in [1.807, 2.05) is 13.8 Å². The lowest BCUT2D eigenvalue weighted by Gasteiger charge is -2.28. The first kappa shape index (κ1) is 14.3. The molecule has 0 spiro atoms. The summed E-state index contributed by atoms with van der Waals surface area (Å²) in [6.45, 7) is 4.67. The fourth-order valence-electron chi connectivity index (χ4n) is 2.52. The van der Waals surface area contributed by atoms with Gasteiger partial charge in [0, 0.05) is 12.6 Å². The number of nitrogens with zero attached hydrogens (tertiary/aromatic N) is 1. The van der Waals surface area contributed by atoms with Crippen molar-refractivity contribution in [3.05, 3.63) is 0 Å². The molecular formula is C14H25N3O2. The Morgan fingerprint density at radius 1 is 1.37 bits per heavy atom. The zero-order chi connectivity index (χ0) is 14.0. The van der Waals surface area contributed by atoms with E-state index < -0.39 is 6.04 Å². The van der Waals surface area contributed by atoms with Gasteiger partial charge < -0.3 is 16.0 Å². The quantitative estimate of drug-likeness (QED) is 0.767. The van der Waals surface area contributed by atoms with E-state index in [0.29, 0.717) is 12.6 Å². The van der Waals surface area contributed by atoms with Crippen LogP contribution in [-0.4, -0.2) is 41.4 Å². The number of nitrogens with two attached hydrogens (primary N) is 1. The molecular weight excluding hydrogens is 242 g/mol. The topological polar surface area (TPSA) is 75.4 Å². The maximum Gasteiger partial charge on any atom is 0.243 e. The molecule has 1 aliphatic carbocycles. The van der Waals surface area contributed by atoms with Gasteiger partial charge in [-0.1, -0.05) is 20.3 Å². The molecule has 19 heavy (non-hydrogen) atoms. The summed E-state index contributed by atoms with van der Waals surface area (Å²) in [6, 6.07) is -0.448. The van der Waals surface area contributed by atoms with Crippen LogP contribution in [0.3, 0.4) is 0 Å². The van der Waals surface area contributed by atoms with Crippen molar-refractivity contribution < 1.29 is 9.59 Å². The van der Waals surface area contributed by atoms with Crippen LogP contribution in [0.2, 0.25) is 0 Å². The zero-order valence-electron chi connectivity index (χ0n) is 11.9. The Hall–Kier alpha value is -1.10. The van der Waals surface area contributed by atoms with Crippen LogP contribution >= 0.6 is 0 Å². The number of hydrogen-bond acceptors (Lipinski definition) is 3. The molecule has 5 heteroatoms. The summed E-state index contributed by atoms with van der Waals surface area (Å²) in [5, 5.41) is 2.99. The van der Waals surface area contributed by atoms with Crippen LogP contribution < -0.4 is 11.1 Å². The summed E-state index contributed by atoms with van der Waals surface area (Å²) in [5.41, 5.74) is 6.00.